The van der Waals surface area contributed by atoms with Gasteiger partial charge in [-0.1, -0.05) is 23.3 Å². The molecule has 0 amide bonds. The Hall–Kier alpha value is -4.13. The summed E-state index contributed by atoms with van der Waals surface area (Å²) in [7, 11) is 2.86. The van der Waals surface area contributed by atoms with Crippen molar-refractivity contribution >= 4 is 5.69 Å². The lowest BCUT2D eigenvalue weighted by atomic mass is 9.95. The van der Waals surface area contributed by atoms with Gasteiger partial charge in [0.05, 0.1) is 19.8 Å². The highest BCUT2D eigenvalue weighted by molar-refractivity contribution is 5.88. The molecule has 0 heterocycles. The number of hydrogen-bond acceptors (Lipinski definition) is 6. The summed E-state index contributed by atoms with van der Waals surface area (Å²) < 4.78 is 31.9. The fourth-order valence-electron chi connectivity index (χ4n) is 3.78. The van der Waals surface area contributed by atoms with Gasteiger partial charge in [-0.25, -0.2) is 4.39 Å². The predicted molar refractivity (Wildman–Crippen MR) is 147 cm³/mol. The number of methoxy groups -OCH3 is 2. The van der Waals surface area contributed by atoms with Crippen LogP contribution in [0.5, 0.6) is 28.7 Å². The first-order valence-corrected chi connectivity index (χ1v) is 11.9. The standard InChI is InChI=1S/C30H34FNO5/c1-18(2)11-13-32-21-8-9-22(24(31)16-21)23-17-27(35-5)28(29(34)30(23)36-6)20-7-10-26(25(33)15-20)37-14-12-19(3)4/h7-12,15-17,32-34H,13-14H2,1-6H3. The number of halogens is 1. The van der Waals surface area contributed by atoms with Crippen LogP contribution in [0.4, 0.5) is 10.1 Å². The average molecular weight is 508 g/mol. The largest absolute Gasteiger partial charge is 0.504 e. The highest BCUT2D eigenvalue weighted by atomic mass is 19.1. The summed E-state index contributed by atoms with van der Waals surface area (Å²) in [5.41, 5.74) is 4.25. The number of rotatable bonds is 10. The average Bonchev–Trinajstić information content (AvgIpc) is 2.84. The molecule has 3 aromatic carbocycles. The summed E-state index contributed by atoms with van der Waals surface area (Å²) in [5.74, 6) is -0.126. The monoisotopic (exact) mass is 507 g/mol. The normalized spacial score (nSPS) is 10.5. The summed E-state index contributed by atoms with van der Waals surface area (Å²) in [4.78, 5) is 0. The maximum Gasteiger partial charge on any atom is 0.170 e. The molecule has 3 rings (SSSR count). The van der Waals surface area contributed by atoms with Crippen molar-refractivity contribution in [2.75, 3.05) is 32.7 Å². The fourth-order valence-corrected chi connectivity index (χ4v) is 3.78. The van der Waals surface area contributed by atoms with E-state index in [1.807, 2.05) is 39.8 Å². The number of allylic oxidation sites excluding steroid dienone is 2. The molecule has 37 heavy (non-hydrogen) atoms. The van der Waals surface area contributed by atoms with Crippen LogP contribution in [0.1, 0.15) is 27.7 Å². The van der Waals surface area contributed by atoms with Crippen LogP contribution in [0.2, 0.25) is 0 Å². The molecule has 0 unspecified atom stereocenters. The molecule has 0 aliphatic carbocycles. The van der Waals surface area contributed by atoms with Gasteiger partial charge < -0.3 is 29.7 Å². The predicted octanol–water partition coefficient (Wildman–Crippen LogP) is 7.31. The van der Waals surface area contributed by atoms with Crippen molar-refractivity contribution in [3.8, 4) is 51.0 Å². The molecule has 0 aliphatic rings. The van der Waals surface area contributed by atoms with Gasteiger partial charge in [0.15, 0.2) is 23.0 Å². The zero-order valence-electron chi connectivity index (χ0n) is 22.1. The Labute approximate surface area is 217 Å². The Balaban J connectivity index is 2.02. The maximum absolute atomic E-state index is 15.2. The van der Waals surface area contributed by atoms with Gasteiger partial charge in [0.2, 0.25) is 0 Å². The van der Waals surface area contributed by atoms with Gasteiger partial charge in [-0.2, -0.15) is 0 Å². The molecular formula is C30H34FNO5. The SMILES string of the molecule is COc1cc(-c2ccc(NCC=C(C)C)cc2F)c(OC)c(O)c1-c1ccc(OCC=C(C)C)c(O)c1. The highest BCUT2D eigenvalue weighted by Gasteiger charge is 2.24. The summed E-state index contributed by atoms with van der Waals surface area (Å²) in [5, 5.41) is 24.9. The van der Waals surface area contributed by atoms with E-state index in [0.717, 1.165) is 11.1 Å². The van der Waals surface area contributed by atoms with Crippen molar-refractivity contribution in [2.24, 2.45) is 0 Å². The number of hydrogen-bond donors (Lipinski definition) is 3. The summed E-state index contributed by atoms with van der Waals surface area (Å²) in [6.45, 7) is 8.82. The number of aromatic hydroxyl groups is 2. The van der Waals surface area contributed by atoms with Crippen LogP contribution in [-0.4, -0.2) is 37.6 Å². The third-order valence-electron chi connectivity index (χ3n) is 5.70. The van der Waals surface area contributed by atoms with Crippen molar-refractivity contribution in [3.63, 3.8) is 0 Å². The van der Waals surface area contributed by atoms with Crippen LogP contribution in [0.15, 0.2) is 65.8 Å². The fraction of sp³-hybridized carbons (Fsp3) is 0.267. The van der Waals surface area contributed by atoms with Crippen molar-refractivity contribution in [1.82, 2.24) is 0 Å². The smallest absolute Gasteiger partial charge is 0.170 e. The Morgan fingerprint density at radius 3 is 2.19 bits per heavy atom. The van der Waals surface area contributed by atoms with Crippen molar-refractivity contribution in [2.45, 2.75) is 27.7 Å². The summed E-state index contributed by atoms with van der Waals surface area (Å²) >= 11 is 0. The second-order valence-corrected chi connectivity index (χ2v) is 9.02. The van der Waals surface area contributed by atoms with Crippen molar-refractivity contribution in [3.05, 3.63) is 71.6 Å². The zero-order chi connectivity index (χ0) is 27.1. The van der Waals surface area contributed by atoms with Gasteiger partial charge >= 0.3 is 0 Å². The van der Waals surface area contributed by atoms with E-state index >= 15 is 4.39 Å². The van der Waals surface area contributed by atoms with E-state index in [4.69, 9.17) is 14.2 Å². The van der Waals surface area contributed by atoms with E-state index in [-0.39, 0.29) is 28.6 Å². The van der Waals surface area contributed by atoms with Crippen LogP contribution in [0, 0.1) is 5.82 Å². The molecule has 0 saturated heterocycles. The topological polar surface area (TPSA) is 80.2 Å². The molecule has 3 N–H and O–H groups in total. The van der Waals surface area contributed by atoms with Gasteiger partial charge in [-0.15, -0.1) is 0 Å². The van der Waals surface area contributed by atoms with Crippen LogP contribution >= 0.6 is 0 Å². The first-order chi connectivity index (χ1) is 17.7. The third-order valence-corrected chi connectivity index (χ3v) is 5.70. The number of ether oxygens (including phenoxy) is 3. The maximum atomic E-state index is 15.2. The van der Waals surface area contributed by atoms with Gasteiger partial charge in [0, 0.05) is 23.4 Å². The first kappa shape index (κ1) is 27.5. The minimum absolute atomic E-state index is 0.0864. The molecule has 0 atom stereocenters. The Morgan fingerprint density at radius 2 is 1.59 bits per heavy atom. The lowest BCUT2D eigenvalue weighted by Crippen LogP contribution is -2.00. The summed E-state index contributed by atoms with van der Waals surface area (Å²) in [6.07, 6.45) is 3.91. The van der Waals surface area contributed by atoms with Gasteiger partial charge in [-0.05, 0) is 75.7 Å². The van der Waals surface area contributed by atoms with E-state index in [9.17, 15) is 10.2 Å². The first-order valence-electron chi connectivity index (χ1n) is 11.9. The molecule has 0 saturated carbocycles. The van der Waals surface area contributed by atoms with Gasteiger partial charge in [0.1, 0.15) is 18.2 Å². The Kier molecular flexibility index (Phi) is 9.06. The lowest BCUT2D eigenvalue weighted by Gasteiger charge is -2.19. The Morgan fingerprint density at radius 1 is 0.865 bits per heavy atom. The number of phenolic OH excluding ortho intramolecular Hbond substituents is 2. The van der Waals surface area contributed by atoms with Crippen LogP contribution < -0.4 is 19.5 Å². The number of benzene rings is 3. The van der Waals surface area contributed by atoms with E-state index in [0.29, 0.717) is 41.3 Å². The quantitative estimate of drug-likeness (QED) is 0.250. The molecule has 0 spiro atoms. The van der Waals surface area contributed by atoms with E-state index in [1.54, 1.807) is 30.3 Å². The molecule has 196 valence electrons. The zero-order valence-corrected chi connectivity index (χ0v) is 22.1. The number of phenols is 2. The minimum atomic E-state index is -0.481. The molecule has 0 fully saturated rings. The molecule has 3 aromatic rings. The molecular weight excluding hydrogens is 473 g/mol. The van der Waals surface area contributed by atoms with Gasteiger partial charge in [0.25, 0.3) is 0 Å². The second-order valence-electron chi connectivity index (χ2n) is 9.02. The molecule has 7 heteroatoms. The molecule has 0 radical (unpaired) electrons. The third kappa shape index (κ3) is 6.55. The van der Waals surface area contributed by atoms with Crippen molar-refractivity contribution in [1.29, 1.82) is 0 Å². The Bertz CT molecular complexity index is 1320. The number of anilines is 1. The second kappa shape index (κ2) is 12.2. The molecule has 6 nitrogen and oxygen atoms in total. The van der Waals surface area contributed by atoms with Crippen LogP contribution in [0.3, 0.4) is 0 Å². The minimum Gasteiger partial charge on any atom is -0.504 e. The van der Waals surface area contributed by atoms with Gasteiger partial charge in [-0.3, -0.25) is 0 Å². The van der Waals surface area contributed by atoms with Crippen LogP contribution in [0.25, 0.3) is 22.3 Å². The van der Waals surface area contributed by atoms with E-state index in [2.05, 4.69) is 5.32 Å². The highest BCUT2D eigenvalue weighted by Crippen LogP contribution is 2.50. The molecule has 0 aromatic heterocycles. The number of nitrogens with one attached hydrogen (secondary N) is 1. The van der Waals surface area contributed by atoms with Crippen molar-refractivity contribution < 1.29 is 28.8 Å². The molecule has 0 bridgehead atoms. The van der Waals surface area contributed by atoms with E-state index < -0.39 is 5.82 Å². The summed E-state index contributed by atoms with van der Waals surface area (Å²) in [6, 6.07) is 11.2. The molecule has 0 aliphatic heterocycles. The van der Waals surface area contributed by atoms with E-state index in [1.165, 1.54) is 26.4 Å². The lowest BCUT2D eigenvalue weighted by molar-refractivity contribution is 0.335. The van der Waals surface area contributed by atoms with Crippen LogP contribution in [-0.2, 0) is 0 Å².